The number of nitrogen functional groups attached to an aromatic ring is 1. The van der Waals surface area contributed by atoms with Crippen LogP contribution in [0.15, 0.2) is 71.6 Å². The number of amides is 1. The summed E-state index contributed by atoms with van der Waals surface area (Å²) in [6.07, 6.45) is 0. The lowest BCUT2D eigenvalue weighted by Crippen LogP contribution is -2.14. The van der Waals surface area contributed by atoms with Gasteiger partial charge in [-0.05, 0) is 48.4 Å². The van der Waals surface area contributed by atoms with E-state index >= 15 is 0 Å². The molecule has 0 aliphatic carbocycles. The molecule has 7 nitrogen and oxygen atoms in total. The molecule has 0 aromatic heterocycles. The highest BCUT2D eigenvalue weighted by Gasteiger charge is 2.28. The largest absolute Gasteiger partial charge is 0.399 e. The van der Waals surface area contributed by atoms with E-state index in [1.165, 1.54) is 6.07 Å². The van der Waals surface area contributed by atoms with Crippen molar-refractivity contribution < 1.29 is 13.2 Å². The van der Waals surface area contributed by atoms with Gasteiger partial charge in [-0.15, -0.1) is 0 Å². The Morgan fingerprint density at radius 1 is 1.00 bits per heavy atom. The number of fused-ring (bicyclic) bond motifs is 1. The standard InChI is InChI=1S/C22H20N4O3S/c1-13-7-9-16(12-19(13)30(24,28)29)25-21(14-5-3-2-4-6-14)20-17-11-15(23)8-10-18(17)26-22(20)27/h2-12,25H,23H2,1H3,(H,26,27)(H2,24,28,29)/b21-20-. The molecule has 30 heavy (non-hydrogen) atoms. The van der Waals surface area contributed by atoms with E-state index in [9.17, 15) is 13.2 Å². The molecule has 0 spiro atoms. The van der Waals surface area contributed by atoms with Gasteiger partial charge in [0.1, 0.15) is 0 Å². The van der Waals surface area contributed by atoms with Crippen molar-refractivity contribution in [2.75, 3.05) is 16.4 Å². The lowest BCUT2D eigenvalue weighted by atomic mass is 9.99. The van der Waals surface area contributed by atoms with Crippen LogP contribution in [0.2, 0.25) is 0 Å². The van der Waals surface area contributed by atoms with E-state index in [-0.39, 0.29) is 10.8 Å². The topological polar surface area (TPSA) is 127 Å². The summed E-state index contributed by atoms with van der Waals surface area (Å²) >= 11 is 0. The minimum Gasteiger partial charge on any atom is -0.399 e. The van der Waals surface area contributed by atoms with Gasteiger partial charge >= 0.3 is 0 Å². The van der Waals surface area contributed by atoms with Gasteiger partial charge in [0.2, 0.25) is 10.0 Å². The van der Waals surface area contributed by atoms with Crippen LogP contribution in [0.5, 0.6) is 0 Å². The molecular formula is C22H20N4O3S. The van der Waals surface area contributed by atoms with Gasteiger partial charge in [-0.1, -0.05) is 36.4 Å². The molecule has 3 aromatic rings. The number of benzene rings is 3. The Labute approximate surface area is 174 Å². The monoisotopic (exact) mass is 420 g/mol. The van der Waals surface area contributed by atoms with Gasteiger partial charge in [-0.2, -0.15) is 0 Å². The van der Waals surface area contributed by atoms with E-state index in [0.717, 1.165) is 5.56 Å². The average molecular weight is 420 g/mol. The lowest BCUT2D eigenvalue weighted by Gasteiger charge is -2.16. The van der Waals surface area contributed by atoms with Crippen molar-refractivity contribution in [1.82, 2.24) is 0 Å². The van der Waals surface area contributed by atoms with E-state index in [1.54, 1.807) is 37.3 Å². The van der Waals surface area contributed by atoms with Crippen LogP contribution in [-0.2, 0) is 14.8 Å². The van der Waals surface area contributed by atoms with Crippen molar-refractivity contribution in [2.24, 2.45) is 5.14 Å². The summed E-state index contributed by atoms with van der Waals surface area (Å²) in [4.78, 5) is 12.9. The van der Waals surface area contributed by atoms with Crippen LogP contribution in [0, 0.1) is 6.92 Å². The van der Waals surface area contributed by atoms with E-state index in [2.05, 4.69) is 10.6 Å². The summed E-state index contributed by atoms with van der Waals surface area (Å²) in [7, 11) is -3.89. The maximum absolute atomic E-state index is 12.9. The maximum Gasteiger partial charge on any atom is 0.258 e. The highest BCUT2D eigenvalue weighted by atomic mass is 32.2. The van der Waals surface area contributed by atoms with E-state index in [1.807, 2.05) is 30.3 Å². The number of aryl methyl sites for hydroxylation is 1. The number of hydrogen-bond donors (Lipinski definition) is 4. The van der Waals surface area contributed by atoms with Crippen LogP contribution in [0.1, 0.15) is 16.7 Å². The van der Waals surface area contributed by atoms with Crippen molar-refractivity contribution in [3.8, 4) is 0 Å². The molecular weight excluding hydrogens is 400 g/mol. The molecule has 4 rings (SSSR count). The molecule has 0 bridgehead atoms. The Morgan fingerprint density at radius 3 is 2.43 bits per heavy atom. The van der Waals surface area contributed by atoms with E-state index < -0.39 is 10.0 Å². The van der Waals surface area contributed by atoms with Gasteiger partial charge in [0.15, 0.2) is 0 Å². The molecule has 0 saturated carbocycles. The fraction of sp³-hybridized carbons (Fsp3) is 0.0455. The third-order valence-electron chi connectivity index (χ3n) is 4.86. The third-order valence-corrected chi connectivity index (χ3v) is 5.92. The third kappa shape index (κ3) is 3.66. The Kier molecular flexibility index (Phi) is 4.81. The molecule has 152 valence electrons. The van der Waals surface area contributed by atoms with E-state index in [4.69, 9.17) is 10.9 Å². The fourth-order valence-electron chi connectivity index (χ4n) is 3.45. The average Bonchev–Trinajstić information content (AvgIpc) is 3.02. The van der Waals surface area contributed by atoms with Crippen molar-refractivity contribution in [3.63, 3.8) is 0 Å². The number of carbonyl (C=O) groups excluding carboxylic acids is 1. The first-order valence-electron chi connectivity index (χ1n) is 9.15. The molecule has 0 saturated heterocycles. The minimum atomic E-state index is -3.89. The predicted octanol–water partition coefficient (Wildman–Crippen LogP) is 3.16. The fourth-order valence-corrected chi connectivity index (χ4v) is 4.25. The van der Waals surface area contributed by atoms with Gasteiger partial charge in [0, 0.05) is 22.6 Å². The van der Waals surface area contributed by atoms with Gasteiger partial charge in [0.25, 0.3) is 5.91 Å². The molecule has 0 fully saturated rings. The number of rotatable bonds is 4. The first-order chi connectivity index (χ1) is 14.2. The molecule has 1 aliphatic heterocycles. The second-order valence-electron chi connectivity index (χ2n) is 7.03. The predicted molar refractivity (Wildman–Crippen MR) is 119 cm³/mol. The van der Waals surface area contributed by atoms with Crippen molar-refractivity contribution in [1.29, 1.82) is 0 Å². The summed E-state index contributed by atoms with van der Waals surface area (Å²) in [6, 6.07) is 19.4. The molecule has 1 heterocycles. The number of anilines is 3. The first kappa shape index (κ1) is 19.7. The molecule has 0 atom stereocenters. The number of nitrogens with two attached hydrogens (primary N) is 2. The Bertz CT molecular complexity index is 1300. The van der Waals surface area contributed by atoms with Crippen molar-refractivity contribution in [2.45, 2.75) is 11.8 Å². The zero-order chi connectivity index (χ0) is 21.5. The number of primary sulfonamides is 1. The quantitative estimate of drug-likeness (QED) is 0.381. The SMILES string of the molecule is Cc1ccc(N/C(=C2\C(=O)Nc3ccc(N)cc32)c2ccccc2)cc1S(N)(=O)=O. The summed E-state index contributed by atoms with van der Waals surface area (Å²) < 4.78 is 23.9. The molecule has 1 amide bonds. The molecule has 6 N–H and O–H groups in total. The summed E-state index contributed by atoms with van der Waals surface area (Å²) in [5, 5.41) is 11.4. The van der Waals surface area contributed by atoms with Crippen LogP contribution in [-0.4, -0.2) is 14.3 Å². The normalized spacial score (nSPS) is 14.8. The highest BCUT2D eigenvalue weighted by Crippen LogP contribution is 2.38. The lowest BCUT2D eigenvalue weighted by molar-refractivity contribution is -0.110. The summed E-state index contributed by atoms with van der Waals surface area (Å²) in [5.41, 5.74) is 10.5. The van der Waals surface area contributed by atoms with Crippen LogP contribution in [0.3, 0.4) is 0 Å². The molecule has 0 unspecified atom stereocenters. The number of carbonyl (C=O) groups is 1. The van der Waals surface area contributed by atoms with Crippen LogP contribution >= 0.6 is 0 Å². The van der Waals surface area contributed by atoms with Gasteiger partial charge < -0.3 is 16.4 Å². The summed E-state index contributed by atoms with van der Waals surface area (Å²) in [5.74, 6) is -0.277. The molecule has 8 heteroatoms. The van der Waals surface area contributed by atoms with Crippen molar-refractivity contribution in [3.05, 3.63) is 83.4 Å². The minimum absolute atomic E-state index is 0.0189. The van der Waals surface area contributed by atoms with Gasteiger partial charge in [-0.3, -0.25) is 4.79 Å². The van der Waals surface area contributed by atoms with Crippen LogP contribution in [0.4, 0.5) is 17.1 Å². The second kappa shape index (κ2) is 7.33. The van der Waals surface area contributed by atoms with Crippen molar-refractivity contribution >= 4 is 44.3 Å². The Morgan fingerprint density at radius 2 is 1.73 bits per heavy atom. The summed E-state index contributed by atoms with van der Waals surface area (Å²) in [6.45, 7) is 1.67. The number of nitrogens with one attached hydrogen (secondary N) is 2. The second-order valence-corrected chi connectivity index (χ2v) is 8.56. The van der Waals surface area contributed by atoms with E-state index in [0.29, 0.717) is 39.5 Å². The molecule has 1 aliphatic rings. The number of hydrogen-bond acceptors (Lipinski definition) is 5. The van der Waals surface area contributed by atoms with Crippen LogP contribution in [0.25, 0.3) is 11.3 Å². The Balaban J connectivity index is 1.92. The number of sulfonamides is 1. The molecule has 3 aromatic carbocycles. The van der Waals surface area contributed by atoms with Gasteiger partial charge in [-0.25, -0.2) is 13.6 Å². The zero-order valence-corrected chi connectivity index (χ0v) is 17.0. The highest BCUT2D eigenvalue weighted by molar-refractivity contribution is 7.89. The van der Waals surface area contributed by atoms with Gasteiger partial charge in [0.05, 0.1) is 16.2 Å². The van der Waals surface area contributed by atoms with Crippen LogP contribution < -0.4 is 21.5 Å². The first-order valence-corrected chi connectivity index (χ1v) is 10.7. The zero-order valence-electron chi connectivity index (χ0n) is 16.1. The Hall–Kier alpha value is -3.62. The maximum atomic E-state index is 12.9. The molecule has 0 radical (unpaired) electrons. The smallest absolute Gasteiger partial charge is 0.258 e.